The van der Waals surface area contributed by atoms with Crippen LogP contribution in [0.5, 0.6) is 0 Å². The van der Waals surface area contributed by atoms with Gasteiger partial charge in [-0.25, -0.2) is 9.55 Å². The molecule has 6 heteroatoms. The number of fused-ring (bicyclic) bond motifs is 1. The van der Waals surface area contributed by atoms with Crippen LogP contribution in [0, 0.1) is 11.3 Å². The Kier molecular flexibility index (Phi) is 7.99. The van der Waals surface area contributed by atoms with E-state index in [0.717, 1.165) is 63.0 Å². The van der Waals surface area contributed by atoms with Gasteiger partial charge in [0.2, 0.25) is 5.95 Å². The van der Waals surface area contributed by atoms with Gasteiger partial charge in [0, 0.05) is 25.0 Å². The fraction of sp³-hybridized carbons (Fsp3) is 0.345. The Morgan fingerprint density at radius 3 is 1.97 bits per heavy atom. The highest BCUT2D eigenvalue weighted by molar-refractivity contribution is 5.85. The number of nitriles is 1. The van der Waals surface area contributed by atoms with E-state index >= 15 is 0 Å². The number of anilines is 1. The standard InChI is InChI=1S/C29H33N5O/c1-3-5-13-19-32(20-14-6-4-2)29-31-26-23(21-30)22-33(24-15-9-7-10-16-24)27(26)28(35)34(29)25-17-11-8-12-18-25/h7-12,15-18,22H,3-6,13-14,19-20H2,1-2H3. The maximum atomic E-state index is 14.2. The van der Waals surface area contributed by atoms with Gasteiger partial charge in [-0.05, 0) is 37.1 Å². The molecular weight excluding hydrogens is 434 g/mol. The fourth-order valence-corrected chi connectivity index (χ4v) is 4.47. The maximum absolute atomic E-state index is 14.2. The zero-order valence-electron chi connectivity index (χ0n) is 20.7. The number of hydrogen-bond donors (Lipinski definition) is 0. The van der Waals surface area contributed by atoms with Crippen LogP contribution in [0.2, 0.25) is 0 Å². The lowest BCUT2D eigenvalue weighted by Crippen LogP contribution is -2.34. The van der Waals surface area contributed by atoms with Gasteiger partial charge in [-0.15, -0.1) is 0 Å². The van der Waals surface area contributed by atoms with E-state index in [4.69, 9.17) is 4.98 Å². The molecular formula is C29H33N5O. The van der Waals surface area contributed by atoms with Gasteiger partial charge in [0.25, 0.3) is 5.56 Å². The van der Waals surface area contributed by atoms with E-state index in [2.05, 4.69) is 24.8 Å². The maximum Gasteiger partial charge on any atom is 0.284 e. The first-order valence-electron chi connectivity index (χ1n) is 12.6. The van der Waals surface area contributed by atoms with E-state index in [1.165, 1.54) is 0 Å². The lowest BCUT2D eigenvalue weighted by molar-refractivity contribution is 0.620. The van der Waals surface area contributed by atoms with Crippen LogP contribution in [0.15, 0.2) is 71.7 Å². The van der Waals surface area contributed by atoms with Gasteiger partial charge >= 0.3 is 0 Å². The van der Waals surface area contributed by atoms with Crippen LogP contribution in [-0.4, -0.2) is 27.2 Å². The number of hydrogen-bond acceptors (Lipinski definition) is 4. The summed E-state index contributed by atoms with van der Waals surface area (Å²) in [5, 5.41) is 9.92. The second kappa shape index (κ2) is 11.5. The Hall–Kier alpha value is -3.85. The molecule has 0 N–H and O–H groups in total. The SMILES string of the molecule is CCCCCN(CCCCC)c1nc2c(C#N)cn(-c3ccccc3)c2c(=O)n1-c1ccccc1. The molecule has 0 amide bonds. The molecule has 0 radical (unpaired) electrons. The smallest absolute Gasteiger partial charge is 0.284 e. The zero-order chi connectivity index (χ0) is 24.6. The molecule has 0 aliphatic rings. The van der Waals surface area contributed by atoms with Gasteiger partial charge in [-0.1, -0.05) is 75.9 Å². The number of para-hydroxylation sites is 2. The number of unbranched alkanes of at least 4 members (excludes halogenated alkanes) is 4. The van der Waals surface area contributed by atoms with Crippen molar-refractivity contribution in [3.63, 3.8) is 0 Å². The molecule has 2 aromatic carbocycles. The van der Waals surface area contributed by atoms with Crippen LogP contribution in [0.3, 0.4) is 0 Å². The minimum atomic E-state index is -0.169. The molecule has 0 aliphatic heterocycles. The van der Waals surface area contributed by atoms with E-state index in [-0.39, 0.29) is 5.56 Å². The van der Waals surface area contributed by atoms with E-state index in [1.807, 2.05) is 60.7 Å². The van der Waals surface area contributed by atoms with Gasteiger partial charge < -0.3 is 9.47 Å². The fourth-order valence-electron chi connectivity index (χ4n) is 4.47. The number of nitrogens with zero attached hydrogens (tertiary/aromatic N) is 5. The third-order valence-electron chi connectivity index (χ3n) is 6.31. The summed E-state index contributed by atoms with van der Waals surface area (Å²) in [5.41, 5.74) is 2.72. The number of aromatic nitrogens is 3. The average Bonchev–Trinajstić information content (AvgIpc) is 3.28. The van der Waals surface area contributed by atoms with Gasteiger partial charge in [-0.2, -0.15) is 5.26 Å². The van der Waals surface area contributed by atoms with Crippen LogP contribution in [0.4, 0.5) is 5.95 Å². The summed E-state index contributed by atoms with van der Waals surface area (Å²) in [6, 6.07) is 21.6. The molecule has 0 aliphatic carbocycles. The van der Waals surface area contributed by atoms with Crippen molar-refractivity contribution in [3.05, 3.63) is 82.8 Å². The van der Waals surface area contributed by atoms with Crippen LogP contribution >= 0.6 is 0 Å². The summed E-state index contributed by atoms with van der Waals surface area (Å²) in [7, 11) is 0. The molecule has 0 unspecified atom stereocenters. The Morgan fingerprint density at radius 2 is 1.43 bits per heavy atom. The second-order valence-corrected chi connectivity index (χ2v) is 8.85. The number of rotatable bonds is 11. The van der Waals surface area contributed by atoms with Crippen molar-refractivity contribution in [2.45, 2.75) is 52.4 Å². The molecule has 4 aromatic rings. The van der Waals surface area contributed by atoms with Gasteiger partial charge in [-0.3, -0.25) is 4.79 Å². The lowest BCUT2D eigenvalue weighted by atomic mass is 10.2. The summed E-state index contributed by atoms with van der Waals surface area (Å²) in [6.07, 6.45) is 8.28. The summed E-state index contributed by atoms with van der Waals surface area (Å²) in [5.74, 6) is 0.614. The minimum Gasteiger partial charge on any atom is -0.342 e. The molecule has 0 saturated heterocycles. The molecule has 180 valence electrons. The van der Waals surface area contributed by atoms with E-state index in [9.17, 15) is 10.1 Å². The van der Waals surface area contributed by atoms with Crippen LogP contribution in [0.1, 0.15) is 57.9 Å². The van der Waals surface area contributed by atoms with Crippen molar-refractivity contribution in [1.29, 1.82) is 5.26 Å². The molecule has 0 saturated carbocycles. The van der Waals surface area contributed by atoms with Crippen molar-refractivity contribution in [2.75, 3.05) is 18.0 Å². The molecule has 0 atom stereocenters. The van der Waals surface area contributed by atoms with Gasteiger partial charge in [0.1, 0.15) is 17.1 Å². The first kappa shape index (κ1) is 24.3. The van der Waals surface area contributed by atoms with Crippen molar-refractivity contribution >= 4 is 17.0 Å². The molecule has 2 heterocycles. The van der Waals surface area contributed by atoms with E-state index in [1.54, 1.807) is 15.3 Å². The Labute approximate surface area is 207 Å². The molecule has 4 rings (SSSR count). The third-order valence-corrected chi connectivity index (χ3v) is 6.31. The van der Waals surface area contributed by atoms with Crippen molar-refractivity contribution < 1.29 is 0 Å². The average molecular weight is 468 g/mol. The lowest BCUT2D eigenvalue weighted by Gasteiger charge is -2.27. The van der Waals surface area contributed by atoms with Crippen molar-refractivity contribution in [1.82, 2.24) is 14.1 Å². The Morgan fingerprint density at radius 1 is 0.857 bits per heavy atom. The highest BCUT2D eigenvalue weighted by Crippen LogP contribution is 2.26. The Balaban J connectivity index is 1.99. The second-order valence-electron chi connectivity index (χ2n) is 8.85. The normalized spacial score (nSPS) is 11.0. The third kappa shape index (κ3) is 5.14. The minimum absolute atomic E-state index is 0.169. The quantitative estimate of drug-likeness (QED) is 0.245. The van der Waals surface area contributed by atoms with Crippen LogP contribution in [-0.2, 0) is 0 Å². The van der Waals surface area contributed by atoms with Crippen LogP contribution < -0.4 is 10.5 Å². The molecule has 35 heavy (non-hydrogen) atoms. The summed E-state index contributed by atoms with van der Waals surface area (Å²) in [6.45, 7) is 6.03. The molecule has 2 aromatic heterocycles. The van der Waals surface area contributed by atoms with Crippen molar-refractivity contribution in [2.24, 2.45) is 0 Å². The predicted molar refractivity (Wildman–Crippen MR) is 143 cm³/mol. The molecule has 0 bridgehead atoms. The predicted octanol–water partition coefficient (Wildman–Crippen LogP) is 6.23. The van der Waals surface area contributed by atoms with Crippen LogP contribution in [0.25, 0.3) is 22.4 Å². The summed E-state index contributed by atoms with van der Waals surface area (Å²) in [4.78, 5) is 21.5. The topological polar surface area (TPSA) is 66.8 Å². The zero-order valence-corrected chi connectivity index (χ0v) is 20.7. The van der Waals surface area contributed by atoms with E-state index in [0.29, 0.717) is 22.5 Å². The van der Waals surface area contributed by atoms with Gasteiger partial charge in [0.15, 0.2) is 0 Å². The number of benzene rings is 2. The summed E-state index contributed by atoms with van der Waals surface area (Å²) >= 11 is 0. The van der Waals surface area contributed by atoms with Gasteiger partial charge in [0.05, 0.1) is 11.3 Å². The Bertz CT molecular complexity index is 1340. The highest BCUT2D eigenvalue weighted by Gasteiger charge is 2.23. The molecule has 6 nitrogen and oxygen atoms in total. The molecule has 0 fully saturated rings. The van der Waals surface area contributed by atoms with Crippen molar-refractivity contribution in [3.8, 4) is 17.4 Å². The first-order chi connectivity index (χ1) is 17.2. The monoisotopic (exact) mass is 467 g/mol. The largest absolute Gasteiger partial charge is 0.342 e. The molecule has 0 spiro atoms. The first-order valence-corrected chi connectivity index (χ1v) is 12.6. The van der Waals surface area contributed by atoms with E-state index < -0.39 is 0 Å². The summed E-state index contributed by atoms with van der Waals surface area (Å²) < 4.78 is 3.52. The highest BCUT2D eigenvalue weighted by atomic mass is 16.1.